The molecular weight excluding hydrogens is 100 g/mol. The molecule has 0 heterocycles. The van der Waals surface area contributed by atoms with Crippen LogP contribution in [0.25, 0.3) is 0 Å². The van der Waals surface area contributed by atoms with Crippen LogP contribution in [0.2, 0.25) is 0 Å². The molecule has 0 radical (unpaired) electrons. The summed E-state index contributed by atoms with van der Waals surface area (Å²) in [5.41, 5.74) is 2.88. The summed E-state index contributed by atoms with van der Waals surface area (Å²) in [6, 6.07) is 0. The summed E-state index contributed by atoms with van der Waals surface area (Å²) in [7, 11) is 0. The van der Waals surface area contributed by atoms with Crippen LogP contribution in [0.1, 0.15) is 0 Å². The van der Waals surface area contributed by atoms with E-state index in [2.05, 4.69) is 0 Å². The van der Waals surface area contributed by atoms with Crippen LogP contribution in [0.5, 0.6) is 0 Å². The van der Waals surface area contributed by atoms with E-state index >= 15 is 0 Å². The average Bonchev–Trinajstić information content (AvgIpc) is 1.68. The number of carbonyl (C=O) groups is 2. The smallest absolute Gasteiger partial charge is 0.297 e. The fourth-order valence-corrected chi connectivity index (χ4v) is 0.0846. The molecule has 1 amide bonds. The highest BCUT2D eigenvalue weighted by molar-refractivity contribution is 6.23. The minimum Gasteiger partial charge on any atom is -0.297 e. The molecule has 5 heteroatoms. The number of aldehydes is 1. The highest BCUT2D eigenvalue weighted by Gasteiger charge is 1.89. The second-order valence-corrected chi connectivity index (χ2v) is 0.719. The predicted octanol–water partition coefficient (Wildman–Crippen LogP) is -1.80. The number of amides is 1. The van der Waals surface area contributed by atoms with Crippen molar-refractivity contribution in [2.24, 2.45) is 0 Å². The van der Waals surface area contributed by atoms with Crippen molar-refractivity contribution in [3.63, 3.8) is 0 Å². The van der Waals surface area contributed by atoms with Gasteiger partial charge in [0.05, 0.1) is 0 Å². The zero-order chi connectivity index (χ0) is 5.70. The zero-order valence-electron chi connectivity index (χ0n) is 3.34. The van der Waals surface area contributed by atoms with Crippen LogP contribution in [-0.2, 0) is 9.59 Å². The molecule has 0 unspecified atom stereocenters. The Kier molecular flexibility index (Phi) is 2.82. The first-order chi connectivity index (χ1) is 3.31. The van der Waals surface area contributed by atoms with Gasteiger partial charge in [-0.2, -0.15) is 0 Å². The molecule has 3 N–H and O–H groups in total. The molecule has 0 aromatic heterocycles. The second kappa shape index (κ2) is 3.26. The third kappa shape index (κ3) is 2.87. The summed E-state index contributed by atoms with van der Waals surface area (Å²) >= 11 is 0. The molecule has 0 aliphatic rings. The Hall–Kier alpha value is -0.940. The number of carbonyl (C=O) groups excluding carboxylic acids is 2. The largest absolute Gasteiger partial charge is 0.299 e. The lowest BCUT2D eigenvalue weighted by Gasteiger charge is -1.89. The van der Waals surface area contributed by atoms with E-state index in [4.69, 9.17) is 5.21 Å². The lowest BCUT2D eigenvalue weighted by atomic mass is 10.7. The van der Waals surface area contributed by atoms with Crippen molar-refractivity contribution in [3.05, 3.63) is 0 Å². The van der Waals surface area contributed by atoms with Crippen molar-refractivity contribution in [2.75, 3.05) is 0 Å². The molecule has 0 aliphatic heterocycles. The third-order valence-corrected chi connectivity index (χ3v) is 0.286. The van der Waals surface area contributed by atoms with Crippen LogP contribution >= 0.6 is 0 Å². The van der Waals surface area contributed by atoms with Gasteiger partial charge in [-0.3, -0.25) is 20.2 Å². The number of rotatable bonds is 2. The minimum atomic E-state index is -0.914. The van der Waals surface area contributed by atoms with E-state index in [0.717, 1.165) is 0 Å². The molecule has 0 aromatic carbocycles. The van der Waals surface area contributed by atoms with Crippen LogP contribution in [0.15, 0.2) is 0 Å². The van der Waals surface area contributed by atoms with E-state index in [1.807, 2.05) is 0 Å². The van der Waals surface area contributed by atoms with Crippen molar-refractivity contribution in [1.29, 1.82) is 0 Å². The first kappa shape index (κ1) is 6.06. The Morgan fingerprint density at radius 2 is 2.29 bits per heavy atom. The van der Waals surface area contributed by atoms with Crippen LogP contribution in [0, 0.1) is 0 Å². The van der Waals surface area contributed by atoms with Crippen LogP contribution in [0.4, 0.5) is 0 Å². The Bertz CT molecular complexity index is 81.0. The highest BCUT2D eigenvalue weighted by Crippen LogP contribution is 1.43. The zero-order valence-corrected chi connectivity index (χ0v) is 3.34. The van der Waals surface area contributed by atoms with Gasteiger partial charge < -0.3 is 0 Å². The van der Waals surface area contributed by atoms with Crippen LogP contribution < -0.4 is 11.0 Å². The standard InChI is InChI=1S/C2H4N2O3/c5-1-2(6)3-4-7/h1,4,7H,(H,3,6). The van der Waals surface area contributed by atoms with Crippen molar-refractivity contribution in [2.45, 2.75) is 0 Å². The quantitative estimate of drug-likeness (QED) is 0.219. The molecule has 0 fully saturated rings. The summed E-state index contributed by atoms with van der Waals surface area (Å²) < 4.78 is 0. The molecule has 40 valence electrons. The Labute approximate surface area is 39.2 Å². The average molecular weight is 104 g/mol. The SMILES string of the molecule is O=CC(=O)NNO. The van der Waals surface area contributed by atoms with E-state index in [1.54, 1.807) is 5.43 Å². The maximum atomic E-state index is 9.71. The lowest BCUT2D eigenvalue weighted by molar-refractivity contribution is -0.134. The van der Waals surface area contributed by atoms with Gasteiger partial charge in [0.15, 0.2) is 0 Å². The summed E-state index contributed by atoms with van der Waals surface area (Å²) in [5.74, 6) is -0.914. The first-order valence-electron chi connectivity index (χ1n) is 1.45. The van der Waals surface area contributed by atoms with E-state index in [9.17, 15) is 9.59 Å². The van der Waals surface area contributed by atoms with E-state index in [1.165, 1.54) is 5.59 Å². The van der Waals surface area contributed by atoms with E-state index < -0.39 is 5.91 Å². The molecule has 0 atom stereocenters. The molecule has 0 bridgehead atoms. The van der Waals surface area contributed by atoms with Gasteiger partial charge in [0, 0.05) is 0 Å². The van der Waals surface area contributed by atoms with Gasteiger partial charge in [-0.15, -0.1) is 5.59 Å². The topological polar surface area (TPSA) is 78.4 Å². The fourth-order valence-electron chi connectivity index (χ4n) is 0.0846. The molecule has 0 aromatic rings. The van der Waals surface area contributed by atoms with Gasteiger partial charge in [-0.05, 0) is 0 Å². The Morgan fingerprint density at radius 1 is 1.71 bits per heavy atom. The number of nitrogens with one attached hydrogen (secondary N) is 2. The van der Waals surface area contributed by atoms with Gasteiger partial charge in [-0.25, -0.2) is 0 Å². The van der Waals surface area contributed by atoms with Crippen molar-refractivity contribution in [3.8, 4) is 0 Å². The predicted molar refractivity (Wildman–Crippen MR) is 19.1 cm³/mol. The minimum absolute atomic E-state index is 0.0310. The van der Waals surface area contributed by atoms with Gasteiger partial charge >= 0.3 is 0 Å². The summed E-state index contributed by atoms with van der Waals surface area (Å²) in [4.78, 5) is 19.0. The molecule has 0 rings (SSSR count). The fraction of sp³-hybridized carbons (Fsp3) is 0. The highest BCUT2D eigenvalue weighted by atomic mass is 16.5. The number of hydrazine groups is 1. The molecule has 0 saturated carbocycles. The van der Waals surface area contributed by atoms with Crippen molar-refractivity contribution >= 4 is 12.2 Å². The molecule has 0 spiro atoms. The van der Waals surface area contributed by atoms with Crippen LogP contribution in [-0.4, -0.2) is 17.4 Å². The lowest BCUT2D eigenvalue weighted by Crippen LogP contribution is -2.35. The third-order valence-electron chi connectivity index (χ3n) is 0.286. The second-order valence-electron chi connectivity index (χ2n) is 0.719. The van der Waals surface area contributed by atoms with Gasteiger partial charge in [0.25, 0.3) is 5.91 Å². The first-order valence-corrected chi connectivity index (χ1v) is 1.45. The summed E-state index contributed by atoms with van der Waals surface area (Å²) in [5, 5.41) is 7.63. The maximum Gasteiger partial charge on any atom is 0.299 e. The van der Waals surface area contributed by atoms with Crippen molar-refractivity contribution in [1.82, 2.24) is 11.0 Å². The summed E-state index contributed by atoms with van der Waals surface area (Å²) in [6.45, 7) is 0. The molecular formula is C2H4N2O3. The molecule has 0 aliphatic carbocycles. The summed E-state index contributed by atoms with van der Waals surface area (Å²) in [6.07, 6.45) is 0.0310. The monoisotopic (exact) mass is 104 g/mol. The van der Waals surface area contributed by atoms with Gasteiger partial charge in [0.1, 0.15) is 0 Å². The molecule has 7 heavy (non-hydrogen) atoms. The van der Waals surface area contributed by atoms with Crippen molar-refractivity contribution < 1.29 is 14.8 Å². The molecule has 0 saturated heterocycles. The normalized spacial score (nSPS) is 7.57. The Balaban J connectivity index is 3.17. The number of hydrogen-bond acceptors (Lipinski definition) is 4. The van der Waals surface area contributed by atoms with E-state index in [0.29, 0.717) is 0 Å². The number of hydrogen-bond donors (Lipinski definition) is 3. The Morgan fingerprint density at radius 3 is 2.43 bits per heavy atom. The van der Waals surface area contributed by atoms with Crippen LogP contribution in [0.3, 0.4) is 0 Å². The molecule has 5 nitrogen and oxygen atoms in total. The maximum absolute atomic E-state index is 9.71. The van der Waals surface area contributed by atoms with Gasteiger partial charge in [-0.1, -0.05) is 0 Å². The van der Waals surface area contributed by atoms with E-state index in [-0.39, 0.29) is 6.29 Å². The van der Waals surface area contributed by atoms with Gasteiger partial charge in [0.2, 0.25) is 6.29 Å².